The zero-order chi connectivity index (χ0) is 19.1. The van der Waals surface area contributed by atoms with Crippen LogP contribution in [-0.4, -0.2) is 37.3 Å². The Labute approximate surface area is 169 Å². The van der Waals surface area contributed by atoms with E-state index in [9.17, 15) is 9.59 Å². The molecule has 1 spiro atoms. The van der Waals surface area contributed by atoms with Gasteiger partial charge in [-0.1, -0.05) is 36.4 Å². The largest absolute Gasteiger partial charge is 0.317 e. The van der Waals surface area contributed by atoms with Gasteiger partial charge < -0.3 is 4.90 Å². The zero-order valence-corrected chi connectivity index (χ0v) is 16.6. The normalized spacial score (nSPS) is 25.0. The van der Waals surface area contributed by atoms with E-state index in [1.807, 2.05) is 59.5 Å². The van der Waals surface area contributed by atoms with E-state index in [0.29, 0.717) is 12.4 Å². The second kappa shape index (κ2) is 6.94. The summed E-state index contributed by atoms with van der Waals surface area (Å²) in [6.07, 6.45) is 3.71. The molecule has 0 saturated carbocycles. The zero-order valence-electron chi connectivity index (χ0n) is 15.8. The quantitative estimate of drug-likeness (QED) is 0.866. The Bertz CT molecular complexity index is 913. The van der Waals surface area contributed by atoms with Crippen molar-refractivity contribution in [2.45, 2.75) is 24.1 Å². The molecule has 2 aromatic carbocycles. The van der Waals surface area contributed by atoms with E-state index in [2.05, 4.69) is 0 Å². The molecule has 2 saturated heterocycles. The maximum atomic E-state index is 13.9. The van der Waals surface area contributed by atoms with Gasteiger partial charge in [-0.2, -0.15) is 0 Å². The number of para-hydroxylation sites is 2. The number of nitrogens with one attached hydrogen (secondary N) is 1. The Morgan fingerprint density at radius 3 is 2.43 bits per heavy atom. The highest BCUT2D eigenvalue weighted by atomic mass is 32.2. The van der Waals surface area contributed by atoms with Gasteiger partial charge in [-0.3, -0.25) is 19.4 Å². The third kappa shape index (κ3) is 2.58. The molecule has 2 fully saturated rings. The summed E-state index contributed by atoms with van der Waals surface area (Å²) in [5, 5.41) is 0. The predicted octanol–water partition coefficient (Wildman–Crippen LogP) is 1.99. The number of amides is 2. The van der Waals surface area contributed by atoms with Crippen molar-refractivity contribution in [3.63, 3.8) is 0 Å². The second-order valence-electron chi connectivity index (χ2n) is 7.72. The number of hydrogen-bond donors (Lipinski definition) is 1. The average molecular weight is 395 g/mol. The highest BCUT2D eigenvalue weighted by Gasteiger charge is 2.61. The molecular formula is C22H24N3O2S+. The van der Waals surface area contributed by atoms with Crippen LogP contribution in [0.15, 0.2) is 54.6 Å². The highest BCUT2D eigenvalue weighted by Crippen LogP contribution is 2.55. The molecule has 1 N–H and O–H groups in total. The van der Waals surface area contributed by atoms with Crippen molar-refractivity contribution in [1.29, 1.82) is 0 Å². The van der Waals surface area contributed by atoms with Crippen molar-refractivity contribution in [2.24, 2.45) is 0 Å². The molecule has 144 valence electrons. The van der Waals surface area contributed by atoms with Crippen LogP contribution >= 0.6 is 11.8 Å². The number of thioether (sulfide) groups is 1. The lowest BCUT2D eigenvalue weighted by molar-refractivity contribution is -0.903. The van der Waals surface area contributed by atoms with E-state index >= 15 is 0 Å². The predicted molar refractivity (Wildman–Crippen MR) is 111 cm³/mol. The van der Waals surface area contributed by atoms with Gasteiger partial charge in [0.05, 0.1) is 24.5 Å². The van der Waals surface area contributed by atoms with Crippen LogP contribution in [0.3, 0.4) is 0 Å². The minimum Gasteiger partial charge on any atom is -0.317 e. The summed E-state index contributed by atoms with van der Waals surface area (Å²) in [7, 11) is 0. The first-order chi connectivity index (χ1) is 13.7. The minimum atomic E-state index is -0.982. The summed E-state index contributed by atoms with van der Waals surface area (Å²) in [4.78, 5) is 30.9. The molecule has 3 aliphatic rings. The number of rotatable bonds is 3. The molecule has 1 atom stereocenters. The fourth-order valence-electron chi connectivity index (χ4n) is 4.72. The van der Waals surface area contributed by atoms with E-state index in [1.54, 1.807) is 4.90 Å². The molecule has 28 heavy (non-hydrogen) atoms. The van der Waals surface area contributed by atoms with Crippen LogP contribution in [0.1, 0.15) is 24.8 Å². The van der Waals surface area contributed by atoms with Gasteiger partial charge in [0.15, 0.2) is 6.67 Å². The van der Waals surface area contributed by atoms with Crippen LogP contribution < -0.4 is 14.7 Å². The molecule has 5 nitrogen and oxygen atoms in total. The first kappa shape index (κ1) is 17.8. The smallest absolute Gasteiger partial charge is 0.273 e. The van der Waals surface area contributed by atoms with Gasteiger partial charge in [0, 0.05) is 11.3 Å². The van der Waals surface area contributed by atoms with E-state index in [0.717, 1.165) is 30.0 Å². The molecule has 1 unspecified atom stereocenters. The molecule has 0 radical (unpaired) electrons. The number of likely N-dealkylation sites (tertiary alicyclic amines) is 1. The molecular weight excluding hydrogens is 370 g/mol. The summed E-state index contributed by atoms with van der Waals surface area (Å²) >= 11 is 1.46. The van der Waals surface area contributed by atoms with Crippen LogP contribution in [0.2, 0.25) is 0 Å². The Morgan fingerprint density at radius 2 is 1.64 bits per heavy atom. The molecule has 0 aromatic heterocycles. The number of carbonyl (C=O) groups is 2. The van der Waals surface area contributed by atoms with Gasteiger partial charge in [-0.25, -0.2) is 0 Å². The summed E-state index contributed by atoms with van der Waals surface area (Å²) in [5.41, 5.74) is 2.68. The Morgan fingerprint density at radius 1 is 0.929 bits per heavy atom. The Hall–Kier alpha value is -2.31. The van der Waals surface area contributed by atoms with Crippen LogP contribution in [0, 0.1) is 0 Å². The van der Waals surface area contributed by atoms with Crippen LogP contribution in [0.4, 0.5) is 11.4 Å². The topological polar surface area (TPSA) is 45.1 Å². The molecule has 5 rings (SSSR count). The third-order valence-corrected chi connectivity index (χ3v) is 7.41. The number of quaternary nitrogens is 1. The monoisotopic (exact) mass is 394 g/mol. The molecule has 2 amide bonds. The standard InChI is InChI=1S/C22H23N3O2S/c26-20-15-28-22(25(20)17-9-3-1-4-10-17)18-11-5-6-12-19(18)24(21(22)27)16-23-13-7-2-8-14-23/h1,3-6,9-12H,2,7-8,13-16H2/p+1. The number of piperidine rings is 1. The molecule has 3 heterocycles. The van der Waals surface area contributed by atoms with E-state index in [4.69, 9.17) is 0 Å². The van der Waals surface area contributed by atoms with Gasteiger partial charge >= 0.3 is 0 Å². The van der Waals surface area contributed by atoms with Crippen molar-refractivity contribution < 1.29 is 14.5 Å². The van der Waals surface area contributed by atoms with Crippen LogP contribution in [-0.2, 0) is 14.5 Å². The van der Waals surface area contributed by atoms with Crippen LogP contribution in [0.25, 0.3) is 0 Å². The maximum absolute atomic E-state index is 13.9. The number of carbonyl (C=O) groups excluding carboxylic acids is 2. The SMILES string of the molecule is O=C1CSC2(C(=O)N(C[NH+]3CCCCC3)c3ccccc32)N1c1ccccc1. The maximum Gasteiger partial charge on any atom is 0.273 e. The van der Waals surface area contributed by atoms with Gasteiger partial charge in [0.1, 0.15) is 0 Å². The van der Waals surface area contributed by atoms with Gasteiger partial charge in [-0.15, -0.1) is 11.8 Å². The van der Waals surface area contributed by atoms with Crippen LogP contribution in [0.5, 0.6) is 0 Å². The molecule has 0 aliphatic carbocycles. The van der Waals surface area contributed by atoms with E-state index in [-0.39, 0.29) is 11.8 Å². The minimum absolute atomic E-state index is 0.00785. The Kier molecular flexibility index (Phi) is 4.40. The number of nitrogens with zero attached hydrogens (tertiary/aromatic N) is 2. The van der Waals surface area contributed by atoms with Gasteiger partial charge in [-0.05, 0) is 37.5 Å². The highest BCUT2D eigenvalue weighted by molar-refractivity contribution is 8.02. The Balaban J connectivity index is 1.59. The lowest BCUT2D eigenvalue weighted by atomic mass is 10.0. The first-order valence-corrected chi connectivity index (χ1v) is 11.0. The molecule has 6 heteroatoms. The fraction of sp³-hybridized carbons (Fsp3) is 0.364. The lowest BCUT2D eigenvalue weighted by Gasteiger charge is -2.34. The number of benzene rings is 2. The summed E-state index contributed by atoms with van der Waals surface area (Å²) in [6.45, 7) is 2.88. The van der Waals surface area contributed by atoms with Crippen molar-refractivity contribution in [3.8, 4) is 0 Å². The van der Waals surface area contributed by atoms with Crippen molar-refractivity contribution in [1.82, 2.24) is 0 Å². The van der Waals surface area contributed by atoms with Gasteiger partial charge in [0.2, 0.25) is 10.8 Å². The van der Waals surface area contributed by atoms with Crippen molar-refractivity contribution >= 4 is 35.0 Å². The second-order valence-corrected chi connectivity index (χ2v) is 8.88. The van der Waals surface area contributed by atoms with Gasteiger partial charge in [0.25, 0.3) is 5.91 Å². The first-order valence-electron chi connectivity index (χ1n) is 9.99. The summed E-state index contributed by atoms with van der Waals surface area (Å²) in [5.74, 6) is 0.331. The average Bonchev–Trinajstić information content (AvgIpc) is 3.21. The van der Waals surface area contributed by atoms with E-state index in [1.165, 1.54) is 35.9 Å². The van der Waals surface area contributed by atoms with E-state index < -0.39 is 4.87 Å². The van der Waals surface area contributed by atoms with Crippen molar-refractivity contribution in [3.05, 3.63) is 60.2 Å². The fourth-order valence-corrected chi connectivity index (χ4v) is 6.08. The molecule has 3 aliphatic heterocycles. The lowest BCUT2D eigenvalue weighted by Crippen LogP contribution is -3.14. The third-order valence-electron chi connectivity index (χ3n) is 6.02. The number of fused-ring (bicyclic) bond motifs is 2. The summed E-state index contributed by atoms with van der Waals surface area (Å²) in [6, 6.07) is 17.6. The number of anilines is 2. The molecule has 0 bridgehead atoms. The number of hydrogen-bond acceptors (Lipinski definition) is 3. The summed E-state index contributed by atoms with van der Waals surface area (Å²) < 4.78 is 0. The molecule has 2 aromatic rings. The van der Waals surface area contributed by atoms with Crippen molar-refractivity contribution in [2.75, 3.05) is 35.3 Å².